The van der Waals surface area contributed by atoms with Crippen LogP contribution in [0.5, 0.6) is 0 Å². The van der Waals surface area contributed by atoms with E-state index in [1.165, 1.54) is 6.42 Å². The van der Waals surface area contributed by atoms with Crippen LogP contribution in [0.4, 0.5) is 34.1 Å². The van der Waals surface area contributed by atoms with Gasteiger partial charge >= 0.3 is 0 Å². The van der Waals surface area contributed by atoms with Gasteiger partial charge in [-0.2, -0.15) is 0 Å². The van der Waals surface area contributed by atoms with Crippen molar-refractivity contribution in [2.24, 2.45) is 0 Å². The second kappa shape index (κ2) is 14.2. The highest BCUT2D eigenvalue weighted by Gasteiger charge is 2.22. The number of hydrogen-bond acceptors (Lipinski definition) is 11. The molecule has 0 radical (unpaired) electrons. The standard InChI is InChI=1S/C27H44N10O2/c1-29-25-18-22(4-6-24(25)28)31-8-12-35-16-14-33(20-35)10-3-11-34-15-17-36(21-34)13-9-32-23-5-7-27(37(38)39)26(19-23)30-2/h4-7,18-19,29-32H,3,8-17,20-21,28H2,1-2H3. The molecule has 0 unspecified atom stereocenters. The van der Waals surface area contributed by atoms with Gasteiger partial charge in [-0.25, -0.2) is 0 Å². The van der Waals surface area contributed by atoms with Crippen LogP contribution in [0.25, 0.3) is 0 Å². The van der Waals surface area contributed by atoms with Crippen molar-refractivity contribution in [3.8, 4) is 0 Å². The third-order valence-corrected chi connectivity index (χ3v) is 7.51. The number of nitrogens with zero attached hydrogens (tertiary/aromatic N) is 5. The molecule has 0 amide bonds. The molecule has 2 aliphatic rings. The van der Waals surface area contributed by atoms with Crippen LogP contribution in [0, 0.1) is 10.1 Å². The Morgan fingerprint density at radius 2 is 1.26 bits per heavy atom. The largest absolute Gasteiger partial charge is 0.397 e. The lowest BCUT2D eigenvalue weighted by Gasteiger charge is -2.21. The number of benzene rings is 2. The third kappa shape index (κ3) is 8.33. The van der Waals surface area contributed by atoms with E-state index < -0.39 is 0 Å². The molecule has 0 aromatic heterocycles. The maximum absolute atomic E-state index is 11.1. The highest BCUT2D eigenvalue weighted by Crippen LogP contribution is 2.27. The maximum atomic E-state index is 11.1. The Bertz CT molecular complexity index is 1080. The molecule has 2 aromatic carbocycles. The van der Waals surface area contributed by atoms with Crippen LogP contribution in [0.2, 0.25) is 0 Å². The van der Waals surface area contributed by atoms with Crippen LogP contribution in [0.15, 0.2) is 36.4 Å². The van der Waals surface area contributed by atoms with E-state index in [1.54, 1.807) is 25.2 Å². The molecule has 214 valence electrons. The van der Waals surface area contributed by atoms with Crippen LogP contribution in [0.3, 0.4) is 0 Å². The zero-order valence-electron chi connectivity index (χ0n) is 23.3. The van der Waals surface area contributed by atoms with Gasteiger partial charge in [-0.15, -0.1) is 0 Å². The Morgan fingerprint density at radius 3 is 1.77 bits per heavy atom. The van der Waals surface area contributed by atoms with Gasteiger partial charge in [0.2, 0.25) is 0 Å². The minimum absolute atomic E-state index is 0.0923. The van der Waals surface area contributed by atoms with Gasteiger partial charge < -0.3 is 27.0 Å². The van der Waals surface area contributed by atoms with Gasteiger partial charge in [0.25, 0.3) is 5.69 Å². The molecule has 2 fully saturated rings. The number of nitro benzene ring substituents is 1. The van der Waals surface area contributed by atoms with Gasteiger partial charge in [-0.1, -0.05) is 0 Å². The van der Waals surface area contributed by atoms with Crippen molar-refractivity contribution in [3.63, 3.8) is 0 Å². The van der Waals surface area contributed by atoms with Crippen LogP contribution in [0.1, 0.15) is 6.42 Å². The Labute approximate surface area is 231 Å². The summed E-state index contributed by atoms with van der Waals surface area (Å²) in [6, 6.07) is 11.1. The predicted molar refractivity (Wildman–Crippen MR) is 161 cm³/mol. The fourth-order valence-corrected chi connectivity index (χ4v) is 5.27. The molecular weight excluding hydrogens is 496 g/mol. The van der Waals surface area contributed by atoms with Gasteiger partial charge in [0.05, 0.1) is 29.6 Å². The van der Waals surface area contributed by atoms with Gasteiger partial charge in [-0.3, -0.25) is 29.7 Å². The average molecular weight is 541 g/mol. The molecule has 0 saturated carbocycles. The van der Waals surface area contributed by atoms with Gasteiger partial charge in [0.15, 0.2) is 0 Å². The fourth-order valence-electron chi connectivity index (χ4n) is 5.27. The Morgan fingerprint density at radius 1 is 0.769 bits per heavy atom. The van der Waals surface area contributed by atoms with E-state index in [4.69, 9.17) is 5.73 Å². The quantitative estimate of drug-likeness (QED) is 0.130. The van der Waals surface area contributed by atoms with Crippen LogP contribution in [-0.2, 0) is 0 Å². The topological polar surface area (TPSA) is 130 Å². The Kier molecular flexibility index (Phi) is 10.4. The second-order valence-corrected chi connectivity index (χ2v) is 10.3. The molecule has 4 rings (SSSR count). The zero-order chi connectivity index (χ0) is 27.6. The summed E-state index contributed by atoms with van der Waals surface area (Å²) < 4.78 is 0. The van der Waals surface area contributed by atoms with Gasteiger partial charge in [0, 0.05) is 97.0 Å². The lowest BCUT2D eigenvalue weighted by Crippen LogP contribution is -2.32. The number of nitro groups is 1. The van der Waals surface area contributed by atoms with Crippen molar-refractivity contribution in [2.45, 2.75) is 6.42 Å². The number of nitrogens with one attached hydrogen (secondary N) is 4. The molecule has 0 aliphatic carbocycles. The molecule has 6 N–H and O–H groups in total. The summed E-state index contributed by atoms with van der Waals surface area (Å²) >= 11 is 0. The van der Waals surface area contributed by atoms with E-state index in [0.29, 0.717) is 5.69 Å². The van der Waals surface area contributed by atoms with Crippen molar-refractivity contribution < 1.29 is 4.92 Å². The minimum atomic E-state index is -0.365. The van der Waals surface area contributed by atoms with Crippen LogP contribution < -0.4 is 27.0 Å². The molecule has 2 aromatic rings. The third-order valence-electron chi connectivity index (χ3n) is 7.51. The zero-order valence-corrected chi connectivity index (χ0v) is 23.3. The summed E-state index contributed by atoms with van der Waals surface area (Å²) in [6.45, 7) is 12.5. The maximum Gasteiger partial charge on any atom is 0.292 e. The van der Waals surface area contributed by atoms with Gasteiger partial charge in [-0.05, 0) is 36.8 Å². The summed E-state index contributed by atoms with van der Waals surface area (Å²) in [5, 5.41) is 24.0. The van der Waals surface area contributed by atoms with E-state index in [0.717, 1.165) is 102 Å². The summed E-state index contributed by atoms with van der Waals surface area (Å²) in [5.41, 5.74) is 10.3. The first kappa shape index (κ1) is 28.7. The SMILES string of the molecule is CNc1cc(NCCN2CCN(CCCN3CCN(CCNc4ccc([N+](=O)[O-])c(NC)c4)C3)C2)ccc1N. The monoisotopic (exact) mass is 540 g/mol. The number of nitrogen functional groups attached to an aromatic ring is 1. The number of rotatable bonds is 15. The van der Waals surface area contributed by atoms with Crippen molar-refractivity contribution in [3.05, 3.63) is 46.5 Å². The van der Waals surface area contributed by atoms with E-state index in [2.05, 4.69) is 46.9 Å². The first-order valence-electron chi connectivity index (χ1n) is 13.9. The lowest BCUT2D eigenvalue weighted by atomic mass is 10.2. The van der Waals surface area contributed by atoms with E-state index >= 15 is 0 Å². The van der Waals surface area contributed by atoms with Crippen molar-refractivity contribution in [1.29, 1.82) is 0 Å². The highest BCUT2D eigenvalue weighted by atomic mass is 16.6. The molecule has 39 heavy (non-hydrogen) atoms. The Hall–Kier alpha value is -3.32. The summed E-state index contributed by atoms with van der Waals surface area (Å²) in [5.74, 6) is 0. The molecule has 2 aliphatic heterocycles. The first-order chi connectivity index (χ1) is 18.9. The van der Waals surface area contributed by atoms with Crippen LogP contribution in [-0.4, -0.2) is 117 Å². The highest BCUT2D eigenvalue weighted by molar-refractivity contribution is 5.71. The molecule has 2 heterocycles. The molecule has 0 atom stereocenters. The predicted octanol–water partition coefficient (Wildman–Crippen LogP) is 2.32. The smallest absolute Gasteiger partial charge is 0.292 e. The molecule has 0 bridgehead atoms. The number of anilines is 5. The lowest BCUT2D eigenvalue weighted by molar-refractivity contribution is -0.383. The number of hydrogen-bond donors (Lipinski definition) is 5. The van der Waals surface area contributed by atoms with Crippen LogP contribution >= 0.6 is 0 Å². The van der Waals surface area contributed by atoms with E-state index in [-0.39, 0.29) is 10.6 Å². The summed E-state index contributed by atoms with van der Waals surface area (Å²) in [6.07, 6.45) is 1.19. The average Bonchev–Trinajstić information content (AvgIpc) is 3.59. The van der Waals surface area contributed by atoms with Crippen molar-refractivity contribution in [1.82, 2.24) is 19.6 Å². The second-order valence-electron chi connectivity index (χ2n) is 10.3. The molecule has 12 heteroatoms. The molecule has 2 saturated heterocycles. The normalized spacial score (nSPS) is 17.0. The number of nitrogens with two attached hydrogens (primary N) is 1. The minimum Gasteiger partial charge on any atom is -0.397 e. The molecule has 0 spiro atoms. The Balaban J connectivity index is 1.06. The fraction of sp³-hybridized carbons (Fsp3) is 0.556. The molecular formula is C27H44N10O2. The summed E-state index contributed by atoms with van der Waals surface area (Å²) in [7, 11) is 3.59. The molecule has 12 nitrogen and oxygen atoms in total. The van der Waals surface area contributed by atoms with Crippen molar-refractivity contribution in [2.75, 3.05) is 120 Å². The van der Waals surface area contributed by atoms with E-state index in [9.17, 15) is 10.1 Å². The van der Waals surface area contributed by atoms with Gasteiger partial charge in [0.1, 0.15) is 5.69 Å². The summed E-state index contributed by atoms with van der Waals surface area (Å²) in [4.78, 5) is 20.8. The van der Waals surface area contributed by atoms with E-state index in [1.807, 2.05) is 19.2 Å². The first-order valence-corrected chi connectivity index (χ1v) is 13.9. The van der Waals surface area contributed by atoms with Crippen molar-refractivity contribution >= 4 is 34.1 Å².